The third-order valence-corrected chi connectivity index (χ3v) is 17.4. The van der Waals surface area contributed by atoms with Gasteiger partial charge in [-0.1, -0.05) is 0 Å². The summed E-state index contributed by atoms with van der Waals surface area (Å²) in [5, 5.41) is 0. The molecule has 0 fully saturated rings. The van der Waals surface area contributed by atoms with E-state index < -0.39 is 21.3 Å². The number of hydrogen-bond acceptors (Lipinski definition) is 0. The van der Waals surface area contributed by atoms with Crippen LogP contribution in [0.3, 0.4) is 0 Å². The van der Waals surface area contributed by atoms with Gasteiger partial charge in [-0.25, -0.2) is 0 Å². The number of halogens is 2. The van der Waals surface area contributed by atoms with E-state index in [4.69, 9.17) is 0 Å². The fraction of sp³-hybridized carbons (Fsp3) is 0.308. The molecule has 0 amide bonds. The van der Waals surface area contributed by atoms with Gasteiger partial charge in [-0.3, -0.25) is 0 Å². The molecule has 7 rings (SSSR count). The van der Waals surface area contributed by atoms with Gasteiger partial charge in [0.1, 0.15) is 0 Å². The summed E-state index contributed by atoms with van der Waals surface area (Å²) in [4.78, 5) is 0. The van der Waals surface area contributed by atoms with Crippen LogP contribution in [0.5, 0.6) is 0 Å². The molecule has 0 N–H and O–H groups in total. The quantitative estimate of drug-likeness (QED) is 0.392. The molecule has 0 saturated heterocycles. The number of allylic oxidation sites excluding steroid dienone is 8. The molecule has 214 valence electrons. The molecule has 0 nitrogen and oxygen atoms in total. The fourth-order valence-electron chi connectivity index (χ4n) is 7.46. The summed E-state index contributed by atoms with van der Waals surface area (Å²) in [6, 6.07) is 21.7. The Balaban J connectivity index is 0.00000176. The normalized spacial score (nSPS) is 18.9. The van der Waals surface area contributed by atoms with Gasteiger partial charge in [0.15, 0.2) is 0 Å². The smallest absolute Gasteiger partial charge is 1.00 e. The summed E-state index contributed by atoms with van der Waals surface area (Å²) in [6.07, 6.45) is 15.4. The van der Waals surface area contributed by atoms with E-state index in [1.165, 1.54) is 39.0 Å². The Labute approximate surface area is 272 Å². The fourth-order valence-corrected chi connectivity index (χ4v) is 15.0. The first-order valence-corrected chi connectivity index (χ1v) is 19.0. The average molecular weight is 671 g/mol. The molecule has 0 radical (unpaired) electrons. The van der Waals surface area contributed by atoms with Gasteiger partial charge in [0.2, 0.25) is 0 Å². The molecule has 0 aromatic heterocycles. The maximum Gasteiger partial charge on any atom is -1.00 e. The van der Waals surface area contributed by atoms with Crippen molar-refractivity contribution in [3.63, 3.8) is 0 Å². The van der Waals surface area contributed by atoms with Crippen molar-refractivity contribution in [3.05, 3.63) is 127 Å². The molecule has 0 aliphatic heterocycles. The number of benzene rings is 3. The Morgan fingerprint density at radius 2 is 1.24 bits per heavy atom. The van der Waals surface area contributed by atoms with Crippen LogP contribution in [0.2, 0.25) is 0 Å². The summed E-state index contributed by atoms with van der Waals surface area (Å²) >= 11 is -2.38. The van der Waals surface area contributed by atoms with Crippen LogP contribution in [0, 0.1) is 0 Å². The molecule has 0 saturated carbocycles. The second kappa shape index (κ2) is 11.5. The number of hydrogen-bond donors (Lipinski definition) is 0. The van der Waals surface area contributed by atoms with Crippen molar-refractivity contribution in [1.29, 1.82) is 0 Å². The minimum Gasteiger partial charge on any atom is -1.00 e. The first-order chi connectivity index (χ1) is 19.1. The minimum absolute atomic E-state index is 0. The Morgan fingerprint density at radius 1 is 0.714 bits per heavy atom. The molecule has 3 aromatic carbocycles. The SMILES string of the molecule is CC1=CCC(C)(C)c2cc3c(cc21)-c1cc2c(cc1[CH]3/[Zr+2](=[CH]/c1ccccc1)[C]1=CC=CC1)C(C)(C)CC=C2C.[Cl-].[Cl-]. The van der Waals surface area contributed by atoms with Crippen LogP contribution in [0.25, 0.3) is 22.3 Å². The molecule has 4 aliphatic rings. The summed E-state index contributed by atoms with van der Waals surface area (Å²) in [5.41, 5.74) is 16.8. The molecule has 0 atom stereocenters. The van der Waals surface area contributed by atoms with Crippen molar-refractivity contribution >= 4 is 14.9 Å². The van der Waals surface area contributed by atoms with Gasteiger partial charge in [0.05, 0.1) is 0 Å². The Hall–Kier alpha value is -2.05. The molecule has 0 heterocycles. The van der Waals surface area contributed by atoms with Crippen LogP contribution >= 0.6 is 0 Å². The van der Waals surface area contributed by atoms with Crippen LogP contribution in [0.15, 0.2) is 88.3 Å². The predicted octanol–water partition coefficient (Wildman–Crippen LogP) is 4.25. The third-order valence-electron chi connectivity index (χ3n) is 10.0. The van der Waals surface area contributed by atoms with E-state index in [2.05, 4.69) is 130 Å². The number of rotatable bonds is 3. The van der Waals surface area contributed by atoms with E-state index in [1.54, 1.807) is 25.5 Å². The van der Waals surface area contributed by atoms with E-state index in [-0.39, 0.29) is 35.6 Å². The van der Waals surface area contributed by atoms with E-state index in [9.17, 15) is 0 Å². The predicted molar refractivity (Wildman–Crippen MR) is 170 cm³/mol. The van der Waals surface area contributed by atoms with Gasteiger partial charge in [-0.05, 0) is 0 Å². The summed E-state index contributed by atoms with van der Waals surface area (Å²) in [6.45, 7) is 14.4. The van der Waals surface area contributed by atoms with Gasteiger partial charge in [0.25, 0.3) is 0 Å². The summed E-state index contributed by atoms with van der Waals surface area (Å²) in [5.74, 6) is 0. The Kier molecular flexibility index (Phi) is 8.57. The second-order valence-electron chi connectivity index (χ2n) is 13.7. The van der Waals surface area contributed by atoms with Crippen LogP contribution < -0.4 is 24.8 Å². The zero-order valence-corrected chi connectivity index (χ0v) is 29.6. The van der Waals surface area contributed by atoms with Crippen molar-refractivity contribution in [2.45, 2.75) is 75.3 Å². The first-order valence-electron chi connectivity index (χ1n) is 15.0. The van der Waals surface area contributed by atoms with Crippen LogP contribution in [0.4, 0.5) is 0 Å². The molecular weight excluding hydrogens is 631 g/mol. The first kappa shape index (κ1) is 31.4. The minimum atomic E-state index is -2.38. The Morgan fingerprint density at radius 3 is 1.71 bits per heavy atom. The van der Waals surface area contributed by atoms with E-state index in [0.29, 0.717) is 3.63 Å². The summed E-state index contributed by atoms with van der Waals surface area (Å²) < 4.78 is 4.96. The van der Waals surface area contributed by atoms with Gasteiger partial charge >= 0.3 is 250 Å². The standard InChI is InChI=1S/C27H29.C7H6.C5H5.2ClH.Zr/c1-16-7-9-26(3,4)24-12-18-11-19-13-25-21(17(2)8-10-27(25,5)6)15-23(19)22(18)14-20(16)24;1-7-5-3-2-4-6-7;1-2-4-5-3-1;;;/h7-8,11-15H,9-10H2,1-6H3;1-6H;1-3H,4H2;2*1H;/q;;;;;+2/p-2. The van der Waals surface area contributed by atoms with E-state index in [0.717, 1.165) is 19.3 Å². The molecule has 0 spiro atoms. The summed E-state index contributed by atoms with van der Waals surface area (Å²) in [7, 11) is 0. The van der Waals surface area contributed by atoms with Gasteiger partial charge in [0, 0.05) is 0 Å². The molecule has 0 bridgehead atoms. The van der Waals surface area contributed by atoms with Crippen molar-refractivity contribution < 1.29 is 46.1 Å². The zero-order valence-electron chi connectivity index (χ0n) is 25.6. The maximum atomic E-state index is 2.75. The molecule has 3 heteroatoms. The van der Waals surface area contributed by atoms with Gasteiger partial charge in [-0.2, -0.15) is 0 Å². The monoisotopic (exact) mass is 668 g/mol. The maximum absolute atomic E-state index is 2.75. The van der Waals surface area contributed by atoms with Gasteiger partial charge < -0.3 is 24.8 Å². The van der Waals surface area contributed by atoms with Crippen molar-refractivity contribution in [1.82, 2.24) is 0 Å². The molecule has 42 heavy (non-hydrogen) atoms. The molecular formula is C39H40Cl2Zr. The number of fused-ring (bicyclic) bond motifs is 5. The largest absolute Gasteiger partial charge is 1.00 e. The van der Waals surface area contributed by atoms with Crippen LogP contribution in [-0.4, -0.2) is 3.71 Å². The topological polar surface area (TPSA) is 0 Å². The average Bonchev–Trinajstić information content (AvgIpc) is 3.58. The third kappa shape index (κ3) is 5.09. The molecule has 3 aromatic rings. The van der Waals surface area contributed by atoms with Crippen LogP contribution in [0.1, 0.15) is 103 Å². The van der Waals surface area contributed by atoms with Crippen molar-refractivity contribution in [2.24, 2.45) is 0 Å². The van der Waals surface area contributed by atoms with Gasteiger partial charge in [-0.15, -0.1) is 0 Å². The van der Waals surface area contributed by atoms with E-state index in [1.807, 2.05) is 0 Å². The second-order valence-corrected chi connectivity index (χ2v) is 19.6. The van der Waals surface area contributed by atoms with E-state index >= 15 is 0 Å². The van der Waals surface area contributed by atoms with Crippen LogP contribution in [-0.2, 0) is 32.1 Å². The molecule has 4 aliphatic carbocycles. The zero-order chi connectivity index (χ0) is 27.8. The van der Waals surface area contributed by atoms with Crippen molar-refractivity contribution in [3.8, 4) is 11.1 Å². The Bertz CT molecular complexity index is 1640. The van der Waals surface area contributed by atoms with Crippen molar-refractivity contribution in [2.75, 3.05) is 0 Å². The molecule has 0 unspecified atom stereocenters.